The van der Waals surface area contributed by atoms with Crippen LogP contribution in [0.2, 0.25) is 0 Å². The summed E-state index contributed by atoms with van der Waals surface area (Å²) in [4.78, 5) is 11.7. The number of ketones is 1. The zero-order valence-corrected chi connectivity index (χ0v) is 8.75. The molecule has 1 aromatic carbocycles. The number of carbonyl (C=O) groups excluding carboxylic acids is 1. The van der Waals surface area contributed by atoms with Crippen LogP contribution >= 0.6 is 12.0 Å². The van der Waals surface area contributed by atoms with E-state index in [1.807, 2.05) is 12.1 Å². The standard InChI is InChI=1S/C10H13NO2S/c1-7(12)10(11)6-8-2-4-9(14-13)5-3-8/h2-5,10,13H,6,11H2,1H3. The Balaban J connectivity index is 2.64. The van der Waals surface area contributed by atoms with Crippen molar-refractivity contribution in [3.05, 3.63) is 29.8 Å². The molecule has 0 bridgehead atoms. The maximum atomic E-state index is 10.9. The van der Waals surface area contributed by atoms with Gasteiger partial charge in [-0.25, -0.2) is 0 Å². The summed E-state index contributed by atoms with van der Waals surface area (Å²) in [6.45, 7) is 1.49. The first-order chi connectivity index (χ1) is 6.63. The van der Waals surface area contributed by atoms with E-state index in [4.69, 9.17) is 10.3 Å². The molecule has 0 heterocycles. The molecule has 0 aliphatic heterocycles. The predicted molar refractivity (Wildman–Crippen MR) is 57.3 cm³/mol. The summed E-state index contributed by atoms with van der Waals surface area (Å²) < 4.78 is 8.74. The maximum Gasteiger partial charge on any atom is 0.146 e. The summed E-state index contributed by atoms with van der Waals surface area (Å²) in [5.74, 6) is -0.00869. The lowest BCUT2D eigenvalue weighted by atomic mass is 10.0. The molecule has 0 aliphatic rings. The molecule has 14 heavy (non-hydrogen) atoms. The van der Waals surface area contributed by atoms with E-state index < -0.39 is 6.04 Å². The summed E-state index contributed by atoms with van der Waals surface area (Å²) in [7, 11) is 0. The summed E-state index contributed by atoms with van der Waals surface area (Å²) >= 11 is 0.704. The number of hydrogen-bond donors (Lipinski definition) is 2. The van der Waals surface area contributed by atoms with Crippen molar-refractivity contribution in [3.63, 3.8) is 0 Å². The first-order valence-corrected chi connectivity index (χ1v) is 5.07. The average Bonchev–Trinajstić information content (AvgIpc) is 2.19. The van der Waals surface area contributed by atoms with Crippen LogP contribution in [-0.2, 0) is 11.2 Å². The van der Waals surface area contributed by atoms with E-state index in [1.54, 1.807) is 12.1 Å². The van der Waals surface area contributed by atoms with Crippen molar-refractivity contribution in [2.24, 2.45) is 5.73 Å². The SMILES string of the molecule is CC(=O)C(N)Cc1ccc(SO)cc1. The lowest BCUT2D eigenvalue weighted by Gasteiger charge is -2.07. The minimum absolute atomic E-state index is 0.00869. The van der Waals surface area contributed by atoms with E-state index in [0.29, 0.717) is 18.5 Å². The van der Waals surface area contributed by atoms with E-state index in [1.165, 1.54) is 6.92 Å². The van der Waals surface area contributed by atoms with E-state index in [0.717, 1.165) is 10.5 Å². The van der Waals surface area contributed by atoms with Gasteiger partial charge in [-0.05, 0) is 31.0 Å². The molecule has 0 saturated carbocycles. The van der Waals surface area contributed by atoms with Crippen LogP contribution in [0, 0.1) is 0 Å². The van der Waals surface area contributed by atoms with Crippen molar-refractivity contribution >= 4 is 17.8 Å². The Morgan fingerprint density at radius 2 is 2.07 bits per heavy atom. The third-order valence-electron chi connectivity index (χ3n) is 2.01. The minimum atomic E-state index is -0.428. The molecule has 1 rings (SSSR count). The van der Waals surface area contributed by atoms with Crippen LogP contribution in [-0.4, -0.2) is 16.4 Å². The van der Waals surface area contributed by atoms with Gasteiger partial charge in [0.2, 0.25) is 0 Å². The van der Waals surface area contributed by atoms with Gasteiger partial charge < -0.3 is 10.3 Å². The van der Waals surface area contributed by atoms with Crippen molar-refractivity contribution in [2.75, 3.05) is 0 Å². The third kappa shape index (κ3) is 3.14. The number of carbonyl (C=O) groups is 1. The summed E-state index contributed by atoms with van der Waals surface area (Å²) in [6.07, 6.45) is 0.547. The number of hydrogen-bond acceptors (Lipinski definition) is 4. The van der Waals surface area contributed by atoms with Crippen LogP contribution in [0.3, 0.4) is 0 Å². The Hall–Kier alpha value is -0.840. The lowest BCUT2D eigenvalue weighted by molar-refractivity contribution is -0.118. The molecule has 0 amide bonds. The number of benzene rings is 1. The normalized spacial score (nSPS) is 12.5. The van der Waals surface area contributed by atoms with Gasteiger partial charge in [-0.2, -0.15) is 0 Å². The molecule has 0 saturated heterocycles. The second-order valence-electron chi connectivity index (χ2n) is 3.16. The van der Waals surface area contributed by atoms with Crippen LogP contribution < -0.4 is 5.73 Å². The van der Waals surface area contributed by atoms with E-state index >= 15 is 0 Å². The third-order valence-corrected chi connectivity index (χ3v) is 2.49. The van der Waals surface area contributed by atoms with Crippen LogP contribution in [0.15, 0.2) is 29.2 Å². The minimum Gasteiger partial charge on any atom is -0.325 e. The molecule has 0 fully saturated rings. The van der Waals surface area contributed by atoms with E-state index in [-0.39, 0.29) is 5.78 Å². The molecule has 3 N–H and O–H groups in total. The zero-order valence-electron chi connectivity index (χ0n) is 7.93. The Bertz CT molecular complexity index is 310. The molecular weight excluding hydrogens is 198 g/mol. The fourth-order valence-electron chi connectivity index (χ4n) is 1.08. The van der Waals surface area contributed by atoms with E-state index in [2.05, 4.69) is 0 Å². The largest absolute Gasteiger partial charge is 0.325 e. The van der Waals surface area contributed by atoms with Gasteiger partial charge in [0.15, 0.2) is 0 Å². The highest BCUT2D eigenvalue weighted by Crippen LogP contribution is 2.15. The van der Waals surface area contributed by atoms with Gasteiger partial charge in [0.05, 0.1) is 6.04 Å². The van der Waals surface area contributed by atoms with Crippen LogP contribution in [0.5, 0.6) is 0 Å². The number of Topliss-reactive ketones (excluding diaryl/α,β-unsaturated/α-hetero) is 1. The Morgan fingerprint density at radius 3 is 2.50 bits per heavy atom. The molecule has 4 heteroatoms. The second kappa shape index (κ2) is 5.14. The van der Waals surface area contributed by atoms with Gasteiger partial charge in [-0.3, -0.25) is 4.79 Å². The molecule has 0 spiro atoms. The van der Waals surface area contributed by atoms with Crippen molar-refractivity contribution in [1.29, 1.82) is 0 Å². The monoisotopic (exact) mass is 211 g/mol. The van der Waals surface area contributed by atoms with Gasteiger partial charge in [-0.1, -0.05) is 12.1 Å². The van der Waals surface area contributed by atoms with Crippen LogP contribution in [0.4, 0.5) is 0 Å². The highest BCUT2D eigenvalue weighted by atomic mass is 32.2. The molecule has 0 radical (unpaired) electrons. The number of rotatable bonds is 4. The molecule has 76 valence electrons. The Labute approximate surface area is 87.5 Å². The summed E-state index contributed by atoms with van der Waals surface area (Å²) in [5, 5.41) is 0. The molecule has 3 nitrogen and oxygen atoms in total. The molecule has 0 aliphatic carbocycles. The maximum absolute atomic E-state index is 10.9. The van der Waals surface area contributed by atoms with Crippen molar-refractivity contribution in [1.82, 2.24) is 0 Å². The van der Waals surface area contributed by atoms with Crippen molar-refractivity contribution < 1.29 is 9.35 Å². The average molecular weight is 211 g/mol. The van der Waals surface area contributed by atoms with E-state index in [9.17, 15) is 4.79 Å². The fraction of sp³-hybridized carbons (Fsp3) is 0.300. The Kier molecular flexibility index (Phi) is 4.13. The van der Waals surface area contributed by atoms with Gasteiger partial charge in [0.25, 0.3) is 0 Å². The zero-order chi connectivity index (χ0) is 10.6. The van der Waals surface area contributed by atoms with Crippen molar-refractivity contribution in [2.45, 2.75) is 24.3 Å². The van der Waals surface area contributed by atoms with Gasteiger partial charge in [-0.15, -0.1) is 0 Å². The Morgan fingerprint density at radius 1 is 1.50 bits per heavy atom. The first kappa shape index (κ1) is 11.2. The molecule has 1 atom stereocenters. The highest BCUT2D eigenvalue weighted by molar-refractivity contribution is 7.93. The molecular formula is C10H13NO2S. The van der Waals surface area contributed by atoms with Crippen molar-refractivity contribution in [3.8, 4) is 0 Å². The quantitative estimate of drug-likeness (QED) is 0.744. The van der Waals surface area contributed by atoms with Gasteiger partial charge in [0, 0.05) is 16.9 Å². The topological polar surface area (TPSA) is 63.3 Å². The van der Waals surface area contributed by atoms with Crippen LogP contribution in [0.1, 0.15) is 12.5 Å². The fourth-order valence-corrected chi connectivity index (χ4v) is 1.34. The van der Waals surface area contributed by atoms with Gasteiger partial charge >= 0.3 is 0 Å². The lowest BCUT2D eigenvalue weighted by Crippen LogP contribution is -2.30. The highest BCUT2D eigenvalue weighted by Gasteiger charge is 2.08. The molecule has 1 aromatic rings. The first-order valence-electron chi connectivity index (χ1n) is 4.30. The molecule has 1 unspecified atom stereocenters. The molecule has 0 aromatic heterocycles. The predicted octanol–water partition coefficient (Wildman–Crippen LogP) is 1.71. The summed E-state index contributed by atoms with van der Waals surface area (Å²) in [6, 6.07) is 6.89. The second-order valence-corrected chi connectivity index (χ2v) is 3.81. The van der Waals surface area contributed by atoms with Crippen LogP contribution in [0.25, 0.3) is 0 Å². The van der Waals surface area contributed by atoms with Gasteiger partial charge in [0.1, 0.15) is 5.78 Å². The smallest absolute Gasteiger partial charge is 0.146 e. The number of nitrogens with two attached hydrogens (primary N) is 1. The summed E-state index contributed by atoms with van der Waals surface area (Å²) in [5.41, 5.74) is 6.62.